The smallest absolute Gasteiger partial charge is 0.0369 e. The van der Waals surface area contributed by atoms with Gasteiger partial charge in [-0.05, 0) is 80.6 Å². The normalized spacial score (nSPS) is 12.0. The van der Waals surface area contributed by atoms with E-state index >= 15 is 0 Å². The van der Waals surface area contributed by atoms with Crippen LogP contribution in [-0.2, 0) is 6.42 Å². The number of benzene rings is 2. The van der Waals surface area contributed by atoms with Crippen molar-refractivity contribution in [3.05, 3.63) is 47.5 Å². The minimum absolute atomic E-state index is 1.06. The molecule has 0 atom stereocenters. The van der Waals surface area contributed by atoms with Crippen molar-refractivity contribution in [1.82, 2.24) is 0 Å². The van der Waals surface area contributed by atoms with Gasteiger partial charge in [0.1, 0.15) is 0 Å². The second-order valence-corrected chi connectivity index (χ2v) is 6.20. The lowest BCUT2D eigenvalue weighted by Gasteiger charge is -2.22. The SMILES string of the molecule is CCN(CC)c1ccc2c(c1)Cc1cc(N(CC)CC)ccc1-2. The van der Waals surface area contributed by atoms with E-state index in [1.54, 1.807) is 0 Å². The minimum Gasteiger partial charge on any atom is -0.372 e. The molecular formula is C21H28N2. The van der Waals surface area contributed by atoms with E-state index in [0.717, 1.165) is 32.6 Å². The number of nitrogens with zero attached hydrogens (tertiary/aromatic N) is 2. The first-order chi connectivity index (χ1) is 11.2. The summed E-state index contributed by atoms with van der Waals surface area (Å²) in [5.41, 5.74) is 8.49. The van der Waals surface area contributed by atoms with Crippen LogP contribution in [0.5, 0.6) is 0 Å². The molecule has 0 bridgehead atoms. The summed E-state index contributed by atoms with van der Waals surface area (Å²) in [4.78, 5) is 4.84. The third-order valence-corrected chi connectivity index (χ3v) is 5.11. The Kier molecular flexibility index (Phi) is 4.61. The first kappa shape index (κ1) is 15.9. The molecule has 0 spiro atoms. The van der Waals surface area contributed by atoms with E-state index in [1.807, 2.05) is 0 Å². The summed E-state index contributed by atoms with van der Waals surface area (Å²) in [5, 5.41) is 0. The molecule has 0 N–H and O–H groups in total. The second-order valence-electron chi connectivity index (χ2n) is 6.20. The van der Waals surface area contributed by atoms with E-state index in [9.17, 15) is 0 Å². The Morgan fingerprint density at radius 1 is 0.652 bits per heavy atom. The van der Waals surface area contributed by atoms with Crippen molar-refractivity contribution in [1.29, 1.82) is 0 Å². The van der Waals surface area contributed by atoms with Gasteiger partial charge in [0.05, 0.1) is 0 Å². The van der Waals surface area contributed by atoms with Gasteiger partial charge in [-0.15, -0.1) is 0 Å². The van der Waals surface area contributed by atoms with Crippen LogP contribution in [0.25, 0.3) is 11.1 Å². The molecule has 0 heterocycles. The molecule has 122 valence electrons. The molecule has 1 aliphatic carbocycles. The molecule has 1 aliphatic rings. The maximum Gasteiger partial charge on any atom is 0.0369 e. The molecule has 2 heteroatoms. The number of rotatable bonds is 6. The standard InChI is InChI=1S/C21H28N2/c1-5-22(6-2)18-9-11-20-16(14-18)13-17-15-19(10-12-21(17)20)23(7-3)8-4/h9-12,14-15H,5-8,13H2,1-4H3. The van der Waals surface area contributed by atoms with Crippen LogP contribution in [0.4, 0.5) is 11.4 Å². The lowest BCUT2D eigenvalue weighted by atomic mass is 10.0. The highest BCUT2D eigenvalue weighted by Crippen LogP contribution is 2.40. The van der Waals surface area contributed by atoms with Crippen LogP contribution in [0.1, 0.15) is 38.8 Å². The van der Waals surface area contributed by atoms with E-state index in [2.05, 4.69) is 73.9 Å². The van der Waals surface area contributed by atoms with Gasteiger partial charge in [-0.3, -0.25) is 0 Å². The number of hydrogen-bond donors (Lipinski definition) is 0. The molecule has 0 saturated heterocycles. The third kappa shape index (κ3) is 2.83. The summed E-state index contributed by atoms with van der Waals surface area (Å²) in [7, 11) is 0. The van der Waals surface area contributed by atoms with E-state index in [0.29, 0.717) is 0 Å². The van der Waals surface area contributed by atoms with Crippen LogP contribution in [0.3, 0.4) is 0 Å². The van der Waals surface area contributed by atoms with Gasteiger partial charge in [0.2, 0.25) is 0 Å². The van der Waals surface area contributed by atoms with Crippen LogP contribution >= 0.6 is 0 Å². The summed E-state index contributed by atoms with van der Waals surface area (Å²) in [6.07, 6.45) is 1.06. The van der Waals surface area contributed by atoms with Gasteiger partial charge in [-0.1, -0.05) is 12.1 Å². The molecule has 0 radical (unpaired) electrons. The lowest BCUT2D eigenvalue weighted by molar-refractivity contribution is 0.864. The molecule has 2 aromatic rings. The summed E-state index contributed by atoms with van der Waals surface area (Å²) < 4.78 is 0. The topological polar surface area (TPSA) is 6.48 Å². The molecule has 23 heavy (non-hydrogen) atoms. The van der Waals surface area contributed by atoms with Gasteiger partial charge in [0.25, 0.3) is 0 Å². The van der Waals surface area contributed by atoms with Gasteiger partial charge < -0.3 is 9.80 Å². The fraction of sp³-hybridized carbons (Fsp3) is 0.429. The predicted octanol–water partition coefficient (Wildman–Crippen LogP) is 4.95. The Balaban J connectivity index is 1.94. The third-order valence-electron chi connectivity index (χ3n) is 5.11. The molecule has 0 amide bonds. The Hall–Kier alpha value is -1.96. The van der Waals surface area contributed by atoms with Crippen LogP contribution in [0, 0.1) is 0 Å². The molecule has 0 fully saturated rings. The monoisotopic (exact) mass is 308 g/mol. The summed E-state index contributed by atoms with van der Waals surface area (Å²) >= 11 is 0. The second kappa shape index (κ2) is 6.66. The predicted molar refractivity (Wildman–Crippen MR) is 102 cm³/mol. The van der Waals surface area contributed by atoms with Crippen LogP contribution in [-0.4, -0.2) is 26.2 Å². The maximum atomic E-state index is 2.42. The Morgan fingerprint density at radius 2 is 1.04 bits per heavy atom. The highest BCUT2D eigenvalue weighted by Gasteiger charge is 2.20. The van der Waals surface area contributed by atoms with Crippen molar-refractivity contribution in [3.8, 4) is 11.1 Å². The van der Waals surface area contributed by atoms with E-state index in [-0.39, 0.29) is 0 Å². The minimum atomic E-state index is 1.06. The van der Waals surface area contributed by atoms with Gasteiger partial charge >= 0.3 is 0 Å². The van der Waals surface area contributed by atoms with E-state index in [4.69, 9.17) is 0 Å². The molecule has 0 aromatic heterocycles. The zero-order valence-electron chi connectivity index (χ0n) is 14.9. The zero-order valence-corrected chi connectivity index (χ0v) is 14.9. The summed E-state index contributed by atoms with van der Waals surface area (Å²) in [6, 6.07) is 14.0. The van der Waals surface area contributed by atoms with Crippen molar-refractivity contribution in [2.45, 2.75) is 34.1 Å². The average molecular weight is 308 g/mol. The van der Waals surface area contributed by atoms with Crippen LogP contribution in [0.2, 0.25) is 0 Å². The highest BCUT2D eigenvalue weighted by molar-refractivity contribution is 5.80. The quantitative estimate of drug-likeness (QED) is 0.635. The van der Waals surface area contributed by atoms with Crippen molar-refractivity contribution in [2.75, 3.05) is 36.0 Å². The van der Waals surface area contributed by atoms with Crippen molar-refractivity contribution in [3.63, 3.8) is 0 Å². The lowest BCUT2D eigenvalue weighted by Crippen LogP contribution is -2.21. The first-order valence-corrected chi connectivity index (χ1v) is 8.97. The molecule has 3 rings (SSSR count). The van der Waals surface area contributed by atoms with Crippen LogP contribution in [0.15, 0.2) is 36.4 Å². The Morgan fingerprint density at radius 3 is 1.39 bits per heavy atom. The summed E-state index contributed by atoms with van der Waals surface area (Å²) in [6.45, 7) is 13.2. The van der Waals surface area contributed by atoms with E-state index in [1.165, 1.54) is 33.6 Å². The van der Waals surface area contributed by atoms with E-state index < -0.39 is 0 Å². The molecule has 2 aromatic carbocycles. The number of anilines is 2. The molecule has 2 nitrogen and oxygen atoms in total. The fourth-order valence-electron chi connectivity index (χ4n) is 3.75. The number of fused-ring (bicyclic) bond motifs is 3. The Labute approximate surface area is 140 Å². The largest absolute Gasteiger partial charge is 0.372 e. The molecular weight excluding hydrogens is 280 g/mol. The van der Waals surface area contributed by atoms with Crippen molar-refractivity contribution < 1.29 is 0 Å². The molecule has 0 aliphatic heterocycles. The first-order valence-electron chi connectivity index (χ1n) is 8.97. The van der Waals surface area contributed by atoms with Gasteiger partial charge in [-0.25, -0.2) is 0 Å². The molecule has 0 unspecified atom stereocenters. The van der Waals surface area contributed by atoms with Gasteiger partial charge in [0.15, 0.2) is 0 Å². The molecule has 0 saturated carbocycles. The zero-order chi connectivity index (χ0) is 16.4. The fourth-order valence-corrected chi connectivity index (χ4v) is 3.75. The average Bonchev–Trinajstić information content (AvgIpc) is 2.94. The maximum absolute atomic E-state index is 2.42. The Bertz CT molecular complexity index is 623. The van der Waals surface area contributed by atoms with Gasteiger partial charge in [0, 0.05) is 37.6 Å². The summed E-state index contributed by atoms with van der Waals surface area (Å²) in [5.74, 6) is 0. The highest BCUT2D eigenvalue weighted by atomic mass is 15.1. The number of hydrogen-bond acceptors (Lipinski definition) is 2. The van der Waals surface area contributed by atoms with Crippen LogP contribution < -0.4 is 9.80 Å². The van der Waals surface area contributed by atoms with Gasteiger partial charge in [-0.2, -0.15) is 0 Å². The van der Waals surface area contributed by atoms with Crippen molar-refractivity contribution in [2.24, 2.45) is 0 Å². The van der Waals surface area contributed by atoms with Crippen molar-refractivity contribution >= 4 is 11.4 Å².